The fraction of sp³-hybridized carbons (Fsp3) is 0.0857. The number of nitriles is 4. The Balaban J connectivity index is 1.11. The van der Waals surface area contributed by atoms with Gasteiger partial charge in [-0.1, -0.05) is 121 Å². The predicted octanol–water partition coefficient (Wildman–Crippen LogP) is 13.5. The summed E-state index contributed by atoms with van der Waals surface area (Å²) >= 11 is 2.36. The molecule has 0 aliphatic heterocycles. The van der Waals surface area contributed by atoms with E-state index in [1.165, 1.54) is 12.1 Å². The van der Waals surface area contributed by atoms with Crippen molar-refractivity contribution < 1.29 is 65.3 Å². The highest BCUT2D eigenvalue weighted by Gasteiger charge is 2.69. The van der Waals surface area contributed by atoms with Gasteiger partial charge in [0.05, 0.1) is 19.5 Å². The number of esters is 4. The molecule has 13 rings (SSSR count). The van der Waals surface area contributed by atoms with Crippen molar-refractivity contribution in [2.45, 2.75) is 37.3 Å². The summed E-state index contributed by atoms with van der Waals surface area (Å²) in [5.41, 5.74) is -10.2. The van der Waals surface area contributed by atoms with Crippen molar-refractivity contribution in [3.63, 3.8) is 0 Å². The SMILES string of the molecule is N#CC(C#N)=C1C(=Nc2cc3c(s2)-c2sc4c(c2C3(C(=O)OCc2ccccc2)C(=O)OCc2ccccc2)C(C(=O)OCc2ccccc2)(C(=O)OCc2ccccc2)c2cc(N=C3C(=O)c5cc(F)c(F)cc5C3=C(C#N)C#N)sc2-4)C(=O)c2cc(F)c(F)cc21. The molecule has 0 N–H and O–H groups in total. The number of allylic oxidation sites excluding steroid dienone is 4. The number of thiophene rings is 3. The number of carbonyl (C=O) groups is 6. The number of nitrogens with zero attached hydrogens (tertiary/aromatic N) is 6. The van der Waals surface area contributed by atoms with Gasteiger partial charge in [0.1, 0.15) is 83.3 Å². The Kier molecular flexibility index (Phi) is 15.4. The summed E-state index contributed by atoms with van der Waals surface area (Å²) < 4.78 is 84.8. The average Bonchev–Trinajstić information content (AvgIpc) is 1.49. The lowest BCUT2D eigenvalue weighted by molar-refractivity contribution is -0.167. The normalized spacial score (nSPS) is 14.8. The summed E-state index contributed by atoms with van der Waals surface area (Å²) in [4.78, 5) is 103. The molecule has 6 aromatic carbocycles. The van der Waals surface area contributed by atoms with Gasteiger partial charge in [-0.3, -0.25) is 28.8 Å². The number of fused-ring (bicyclic) bond motifs is 9. The van der Waals surface area contributed by atoms with E-state index in [4.69, 9.17) is 18.9 Å². The average molecular weight is 1290 g/mol. The Morgan fingerprint density at radius 2 is 0.677 bits per heavy atom. The summed E-state index contributed by atoms with van der Waals surface area (Å²) in [5.74, 6) is -13.0. The van der Waals surface area contributed by atoms with Gasteiger partial charge in [0.15, 0.2) is 23.3 Å². The van der Waals surface area contributed by atoms with Gasteiger partial charge in [0.2, 0.25) is 22.4 Å². The monoisotopic (exact) mass is 1290 g/mol. The first kappa shape index (κ1) is 60.1. The Bertz CT molecular complexity index is 4650. The Hall–Kier alpha value is -11.9. The van der Waals surface area contributed by atoms with Crippen LogP contribution in [0.25, 0.3) is 30.7 Å². The smallest absolute Gasteiger partial charge is 0.333 e. The van der Waals surface area contributed by atoms with Gasteiger partial charge < -0.3 is 18.9 Å². The van der Waals surface area contributed by atoms with E-state index in [0.717, 1.165) is 34.0 Å². The van der Waals surface area contributed by atoms with E-state index in [1.54, 1.807) is 146 Å². The molecule has 0 radical (unpaired) electrons. The number of halogens is 4. The van der Waals surface area contributed by atoms with Gasteiger partial charge in [-0.25, -0.2) is 27.5 Å². The van der Waals surface area contributed by atoms with Crippen LogP contribution in [-0.4, -0.2) is 46.9 Å². The van der Waals surface area contributed by atoms with Gasteiger partial charge in [-0.2, -0.15) is 21.0 Å². The first-order valence-electron chi connectivity index (χ1n) is 27.7. The maximum Gasteiger partial charge on any atom is 0.333 e. The minimum Gasteiger partial charge on any atom is -0.459 e. The molecule has 0 unspecified atom stereocenters. The second-order valence-corrected chi connectivity index (χ2v) is 24.1. The number of hydrogen-bond acceptors (Lipinski definition) is 19. The van der Waals surface area contributed by atoms with Crippen LogP contribution in [0, 0.1) is 68.6 Å². The zero-order valence-corrected chi connectivity index (χ0v) is 49.8. The van der Waals surface area contributed by atoms with E-state index in [1.807, 2.05) is 0 Å². The molecule has 4 aliphatic carbocycles. The highest BCUT2D eigenvalue weighted by Crippen LogP contribution is 2.68. The molecule has 0 bridgehead atoms. The third-order valence-corrected chi connectivity index (χ3v) is 19.4. The fourth-order valence-electron chi connectivity index (χ4n) is 11.7. The molecule has 0 saturated carbocycles. The number of hydrogen-bond donors (Lipinski definition) is 0. The van der Waals surface area contributed by atoms with Crippen molar-refractivity contribution in [1.82, 2.24) is 0 Å². The van der Waals surface area contributed by atoms with Crippen LogP contribution in [0.15, 0.2) is 179 Å². The maximum absolute atomic E-state index is 16.3. The minimum absolute atomic E-state index is 0.0156. The second-order valence-electron chi connectivity index (χ2n) is 21.1. The molecule has 9 aromatic rings. The minimum atomic E-state index is -2.91. The van der Waals surface area contributed by atoms with E-state index in [9.17, 15) is 39.4 Å². The van der Waals surface area contributed by atoms with Crippen molar-refractivity contribution >= 4 is 102 Å². The third-order valence-electron chi connectivity index (χ3n) is 15.8. The van der Waals surface area contributed by atoms with Crippen LogP contribution in [-0.2, 0) is 75.4 Å². The third kappa shape index (κ3) is 9.74. The molecule has 0 saturated heterocycles. The van der Waals surface area contributed by atoms with Crippen LogP contribution >= 0.6 is 34.0 Å². The van der Waals surface area contributed by atoms with Gasteiger partial charge in [-0.15, -0.1) is 34.0 Å². The zero-order chi connectivity index (χ0) is 65.0. The summed E-state index contributed by atoms with van der Waals surface area (Å²) in [6, 6.07) is 45.1. The molecule has 450 valence electrons. The Labute approximate surface area is 535 Å². The molecule has 3 heterocycles. The highest BCUT2D eigenvalue weighted by molar-refractivity contribution is 7.29. The summed E-state index contributed by atoms with van der Waals surface area (Å²) in [5, 5.41) is 40.4. The molecule has 16 nitrogen and oxygen atoms in total. The van der Waals surface area contributed by atoms with Crippen molar-refractivity contribution in [3.05, 3.63) is 259 Å². The van der Waals surface area contributed by atoms with Gasteiger partial charge >= 0.3 is 23.9 Å². The molecule has 23 heteroatoms. The first-order chi connectivity index (χ1) is 45.1. The molecular formula is C70H34F4N6O10S3. The summed E-state index contributed by atoms with van der Waals surface area (Å²) in [6.07, 6.45) is 0. The van der Waals surface area contributed by atoms with E-state index >= 15 is 28.0 Å². The van der Waals surface area contributed by atoms with Crippen molar-refractivity contribution in [2.24, 2.45) is 9.98 Å². The maximum atomic E-state index is 16.3. The largest absolute Gasteiger partial charge is 0.459 e. The van der Waals surface area contributed by atoms with E-state index < -0.39 is 141 Å². The lowest BCUT2D eigenvalue weighted by Crippen LogP contribution is -2.50. The van der Waals surface area contributed by atoms with Crippen LogP contribution in [0.2, 0.25) is 0 Å². The molecule has 4 aliphatic rings. The molecule has 0 amide bonds. The second kappa shape index (κ2) is 23.8. The van der Waals surface area contributed by atoms with Gasteiger partial charge in [0.25, 0.3) is 0 Å². The van der Waals surface area contributed by atoms with Crippen molar-refractivity contribution in [1.29, 1.82) is 21.0 Å². The highest BCUT2D eigenvalue weighted by atomic mass is 32.1. The fourth-order valence-corrected chi connectivity index (χ4v) is 15.6. The number of carbonyl (C=O) groups excluding carboxylic acids is 6. The molecule has 3 aromatic heterocycles. The van der Waals surface area contributed by atoms with Crippen LogP contribution in [0.1, 0.15) is 76.4 Å². The quantitative estimate of drug-likeness (QED) is 0.0322. The van der Waals surface area contributed by atoms with Crippen LogP contribution in [0.5, 0.6) is 0 Å². The Morgan fingerprint density at radius 1 is 0.398 bits per heavy atom. The molecular weight excluding hydrogens is 1260 g/mol. The van der Waals surface area contributed by atoms with Gasteiger partial charge in [0, 0.05) is 55.7 Å². The molecule has 93 heavy (non-hydrogen) atoms. The van der Waals surface area contributed by atoms with E-state index in [-0.39, 0.29) is 62.9 Å². The van der Waals surface area contributed by atoms with Crippen molar-refractivity contribution in [2.75, 3.05) is 0 Å². The zero-order valence-electron chi connectivity index (χ0n) is 47.3. The number of benzene rings is 6. The number of aliphatic imine (C=N–C) groups is 2. The number of Topliss-reactive ketones (excluding diaryl/α,β-unsaturated/α-hetero) is 2. The summed E-state index contributed by atoms with van der Waals surface area (Å²) in [7, 11) is 0. The topological polar surface area (TPSA) is 259 Å². The molecule has 0 fully saturated rings. The van der Waals surface area contributed by atoms with Gasteiger partial charge in [-0.05, 0) is 58.7 Å². The van der Waals surface area contributed by atoms with Crippen LogP contribution in [0.4, 0.5) is 27.6 Å². The standard InChI is InChI=1S/C70H34F4N6O10S3/c71-47-21-41-43(23-49(47)73)59(81)57(53(41)39(27-75)28-76)79-51-25-45-61(91-51)63-55(69(45,65(83)87-31-35-13-5-1-6-14-35)66(84)88-32-36-15-7-2-8-16-36)56-64(93-63)62-46(26-52(92-62)80-58-54(40(29-77)30-78)42-22-48(72)50(74)24-44(42)60(58)82)70(56,67(85)89-33-37-17-9-3-10-18-37)68(86)90-34-38-19-11-4-12-20-38/h1-26H,31-34H2. The van der Waals surface area contributed by atoms with Crippen LogP contribution < -0.4 is 0 Å². The molecule has 0 spiro atoms. The first-order valence-corrected chi connectivity index (χ1v) is 30.2. The summed E-state index contributed by atoms with van der Waals surface area (Å²) in [6.45, 7) is -1.94. The Morgan fingerprint density at radius 3 is 0.957 bits per heavy atom. The molecule has 0 atom stereocenters. The number of rotatable bonds is 14. The van der Waals surface area contributed by atoms with Crippen LogP contribution in [0.3, 0.4) is 0 Å². The number of ether oxygens (including phenoxy) is 4. The van der Waals surface area contributed by atoms with Crippen molar-refractivity contribution in [3.8, 4) is 43.8 Å². The lowest BCUT2D eigenvalue weighted by atomic mass is 9.70. The lowest BCUT2D eigenvalue weighted by Gasteiger charge is -2.32. The predicted molar refractivity (Wildman–Crippen MR) is 329 cm³/mol. The number of ketones is 2. The van der Waals surface area contributed by atoms with E-state index in [0.29, 0.717) is 46.5 Å². The van der Waals surface area contributed by atoms with E-state index in [2.05, 4.69) is 9.98 Å².